The molecule has 0 aliphatic rings. The second-order valence-corrected chi connectivity index (χ2v) is 8.57. The van der Waals surface area contributed by atoms with Gasteiger partial charge in [0.2, 0.25) is 0 Å². The summed E-state index contributed by atoms with van der Waals surface area (Å²) in [6.45, 7) is 2.56. The molecule has 0 aliphatic carbocycles. The highest BCUT2D eigenvalue weighted by Crippen LogP contribution is 2.25. The van der Waals surface area contributed by atoms with Crippen LogP contribution in [0.5, 0.6) is 11.5 Å². The zero-order chi connectivity index (χ0) is 26.7. The standard InChI is InChI=1S/C30H29FN4O3/c1-22-9-7-10-23(21-22)33-29(36)32-19-8-20-35(30(37)34-28-14-6-5-13-27(28)31)24-15-17-26(18-16-24)38-25-11-3-2-4-12-25/h2-7,9-18,21H,8,19-20H2,1H3,(H,34,37)(H2,32,33,36). The van der Waals surface area contributed by atoms with E-state index in [1.165, 1.54) is 17.0 Å². The van der Waals surface area contributed by atoms with Gasteiger partial charge in [-0.05, 0) is 79.6 Å². The van der Waals surface area contributed by atoms with Crippen molar-refractivity contribution in [1.29, 1.82) is 0 Å². The number of rotatable bonds is 9. The smallest absolute Gasteiger partial charge is 0.326 e. The number of benzene rings is 4. The molecule has 7 nitrogen and oxygen atoms in total. The number of urea groups is 2. The summed E-state index contributed by atoms with van der Waals surface area (Å²) in [6.07, 6.45) is 0.466. The highest BCUT2D eigenvalue weighted by molar-refractivity contribution is 6.01. The van der Waals surface area contributed by atoms with Crippen LogP contribution in [-0.2, 0) is 0 Å². The van der Waals surface area contributed by atoms with Gasteiger partial charge in [0.25, 0.3) is 0 Å². The summed E-state index contributed by atoms with van der Waals surface area (Å²) in [6, 6.07) is 29.1. The molecule has 0 bridgehead atoms. The number of hydrogen-bond donors (Lipinski definition) is 3. The van der Waals surface area contributed by atoms with Crippen molar-refractivity contribution in [3.63, 3.8) is 0 Å². The van der Waals surface area contributed by atoms with Gasteiger partial charge in [-0.15, -0.1) is 0 Å². The average molecular weight is 513 g/mol. The van der Waals surface area contributed by atoms with Crippen LogP contribution in [0.3, 0.4) is 0 Å². The van der Waals surface area contributed by atoms with Crippen molar-refractivity contribution in [2.24, 2.45) is 0 Å². The zero-order valence-electron chi connectivity index (χ0n) is 21.0. The second kappa shape index (κ2) is 12.9. The molecule has 4 aromatic rings. The van der Waals surface area contributed by atoms with E-state index < -0.39 is 11.8 Å². The lowest BCUT2D eigenvalue weighted by Crippen LogP contribution is -2.38. The fraction of sp³-hybridized carbons (Fsp3) is 0.133. The third kappa shape index (κ3) is 7.57. The topological polar surface area (TPSA) is 82.7 Å². The van der Waals surface area contributed by atoms with Crippen LogP contribution in [0, 0.1) is 12.7 Å². The van der Waals surface area contributed by atoms with E-state index in [-0.39, 0.29) is 18.3 Å². The SMILES string of the molecule is Cc1cccc(NC(=O)NCCCN(C(=O)Nc2ccccc2F)c2ccc(Oc3ccccc3)cc2)c1. The van der Waals surface area contributed by atoms with Crippen molar-refractivity contribution in [2.45, 2.75) is 13.3 Å². The molecule has 3 N–H and O–H groups in total. The summed E-state index contributed by atoms with van der Waals surface area (Å²) < 4.78 is 20.0. The number of nitrogens with one attached hydrogen (secondary N) is 3. The van der Waals surface area contributed by atoms with Gasteiger partial charge in [-0.25, -0.2) is 14.0 Å². The van der Waals surface area contributed by atoms with E-state index in [1.807, 2.05) is 61.5 Å². The molecule has 4 rings (SSSR count). The molecule has 0 fully saturated rings. The molecule has 0 saturated heterocycles. The quantitative estimate of drug-likeness (QED) is 0.208. The van der Waals surface area contributed by atoms with Gasteiger partial charge >= 0.3 is 12.1 Å². The van der Waals surface area contributed by atoms with Gasteiger partial charge in [0.15, 0.2) is 0 Å². The normalized spacial score (nSPS) is 10.4. The van der Waals surface area contributed by atoms with Gasteiger partial charge in [0.1, 0.15) is 17.3 Å². The Morgan fingerprint density at radius 3 is 2.26 bits per heavy atom. The van der Waals surface area contributed by atoms with Crippen molar-refractivity contribution in [3.8, 4) is 11.5 Å². The molecule has 0 unspecified atom stereocenters. The molecule has 0 aromatic heterocycles. The minimum Gasteiger partial charge on any atom is -0.457 e. The summed E-state index contributed by atoms with van der Waals surface area (Å²) in [7, 11) is 0. The molecule has 8 heteroatoms. The molecule has 0 heterocycles. The predicted molar refractivity (Wildman–Crippen MR) is 149 cm³/mol. The van der Waals surface area contributed by atoms with Crippen LogP contribution in [0.25, 0.3) is 0 Å². The number of aryl methyl sites for hydroxylation is 1. The Bertz CT molecular complexity index is 1360. The van der Waals surface area contributed by atoms with Crippen LogP contribution in [0.2, 0.25) is 0 Å². The lowest BCUT2D eigenvalue weighted by molar-refractivity contribution is 0.252. The number of nitrogens with zero attached hydrogens (tertiary/aromatic N) is 1. The van der Waals surface area contributed by atoms with Crippen LogP contribution in [0.4, 0.5) is 31.0 Å². The Balaban J connectivity index is 1.40. The van der Waals surface area contributed by atoms with Gasteiger partial charge in [-0.3, -0.25) is 4.90 Å². The van der Waals surface area contributed by atoms with Gasteiger partial charge in [0.05, 0.1) is 5.69 Å². The maximum absolute atomic E-state index is 14.2. The van der Waals surface area contributed by atoms with E-state index in [4.69, 9.17) is 4.74 Å². The first-order valence-electron chi connectivity index (χ1n) is 12.3. The Labute approximate surface area is 221 Å². The number of anilines is 3. The van der Waals surface area contributed by atoms with E-state index in [9.17, 15) is 14.0 Å². The number of carbonyl (C=O) groups is 2. The third-order valence-electron chi connectivity index (χ3n) is 5.61. The van der Waals surface area contributed by atoms with Crippen molar-refractivity contribution < 1.29 is 18.7 Å². The number of para-hydroxylation sites is 2. The monoisotopic (exact) mass is 512 g/mol. The van der Waals surface area contributed by atoms with E-state index in [2.05, 4.69) is 16.0 Å². The highest BCUT2D eigenvalue weighted by atomic mass is 19.1. The van der Waals surface area contributed by atoms with Crippen molar-refractivity contribution >= 4 is 29.1 Å². The largest absolute Gasteiger partial charge is 0.457 e. The first kappa shape index (κ1) is 26.2. The first-order chi connectivity index (χ1) is 18.5. The maximum Gasteiger partial charge on any atom is 0.326 e. The van der Waals surface area contributed by atoms with Crippen LogP contribution in [0.1, 0.15) is 12.0 Å². The first-order valence-corrected chi connectivity index (χ1v) is 12.3. The summed E-state index contributed by atoms with van der Waals surface area (Å²) in [5, 5.41) is 8.23. The van der Waals surface area contributed by atoms with Gasteiger partial charge < -0.3 is 20.7 Å². The van der Waals surface area contributed by atoms with E-state index >= 15 is 0 Å². The fourth-order valence-electron chi connectivity index (χ4n) is 3.75. The van der Waals surface area contributed by atoms with Crippen LogP contribution < -0.4 is 25.6 Å². The molecule has 0 atom stereocenters. The maximum atomic E-state index is 14.2. The number of carbonyl (C=O) groups excluding carboxylic acids is 2. The minimum absolute atomic E-state index is 0.0854. The minimum atomic E-state index is -0.526. The number of ether oxygens (including phenoxy) is 1. The van der Waals surface area contributed by atoms with Crippen molar-refractivity contribution in [2.75, 3.05) is 28.6 Å². The lowest BCUT2D eigenvalue weighted by atomic mass is 10.2. The molecule has 0 saturated carbocycles. The average Bonchev–Trinajstić information content (AvgIpc) is 2.91. The van der Waals surface area contributed by atoms with E-state index in [1.54, 1.807) is 36.4 Å². The fourth-order valence-corrected chi connectivity index (χ4v) is 3.75. The summed E-state index contributed by atoms with van der Waals surface area (Å²) in [4.78, 5) is 26.9. The molecule has 0 radical (unpaired) electrons. The molecule has 38 heavy (non-hydrogen) atoms. The Morgan fingerprint density at radius 2 is 1.53 bits per heavy atom. The molecule has 4 amide bonds. The van der Waals surface area contributed by atoms with Crippen LogP contribution >= 0.6 is 0 Å². The van der Waals surface area contributed by atoms with Crippen molar-refractivity contribution in [3.05, 3.63) is 115 Å². The Hall–Kier alpha value is -4.85. The molecular weight excluding hydrogens is 483 g/mol. The Morgan fingerprint density at radius 1 is 0.816 bits per heavy atom. The predicted octanol–water partition coefficient (Wildman–Crippen LogP) is 7.18. The molecule has 0 spiro atoms. The van der Waals surface area contributed by atoms with E-state index in [0.29, 0.717) is 35.8 Å². The number of halogens is 1. The van der Waals surface area contributed by atoms with Crippen LogP contribution in [-0.4, -0.2) is 25.2 Å². The summed E-state index contributed by atoms with van der Waals surface area (Å²) in [5.41, 5.74) is 2.43. The van der Waals surface area contributed by atoms with Gasteiger partial charge in [0, 0.05) is 24.5 Å². The van der Waals surface area contributed by atoms with Gasteiger partial charge in [-0.2, -0.15) is 0 Å². The summed E-state index contributed by atoms with van der Waals surface area (Å²) >= 11 is 0. The number of hydrogen-bond acceptors (Lipinski definition) is 3. The zero-order valence-corrected chi connectivity index (χ0v) is 21.0. The third-order valence-corrected chi connectivity index (χ3v) is 5.61. The Kier molecular flexibility index (Phi) is 8.91. The highest BCUT2D eigenvalue weighted by Gasteiger charge is 2.17. The van der Waals surface area contributed by atoms with E-state index in [0.717, 1.165) is 5.56 Å². The molecule has 194 valence electrons. The molecule has 0 aliphatic heterocycles. The molecular formula is C30H29FN4O3. The lowest BCUT2D eigenvalue weighted by Gasteiger charge is -2.24. The summed E-state index contributed by atoms with van der Waals surface area (Å²) in [5.74, 6) is 0.787. The number of amides is 4. The van der Waals surface area contributed by atoms with Gasteiger partial charge in [-0.1, -0.05) is 42.5 Å². The van der Waals surface area contributed by atoms with Crippen LogP contribution in [0.15, 0.2) is 103 Å². The second-order valence-electron chi connectivity index (χ2n) is 8.57. The van der Waals surface area contributed by atoms with Crippen molar-refractivity contribution in [1.82, 2.24) is 5.32 Å². The molecule has 4 aromatic carbocycles.